The number of carbonyl (C=O) groups is 1. The average molecular weight is 242 g/mol. The van der Waals surface area contributed by atoms with Crippen molar-refractivity contribution in [2.24, 2.45) is 0 Å². The van der Waals surface area contributed by atoms with Gasteiger partial charge in [0.05, 0.1) is 5.69 Å². The Labute approximate surface area is 102 Å². The number of aromatic carboxylic acids is 1. The van der Waals surface area contributed by atoms with E-state index < -0.39 is 11.7 Å². The Hall–Kier alpha value is -2.69. The van der Waals surface area contributed by atoms with E-state index in [2.05, 4.69) is 9.97 Å². The van der Waals surface area contributed by atoms with E-state index in [0.29, 0.717) is 0 Å². The summed E-state index contributed by atoms with van der Waals surface area (Å²) in [5.41, 5.74) is 0.521. The van der Waals surface area contributed by atoms with E-state index in [9.17, 15) is 9.59 Å². The second kappa shape index (κ2) is 5.09. The molecular weight excluding hydrogens is 232 g/mol. The highest BCUT2D eigenvalue weighted by Crippen LogP contribution is 2.08. The molecular formula is C13H10N2O3. The Morgan fingerprint density at radius 3 is 2.61 bits per heavy atom. The zero-order valence-corrected chi connectivity index (χ0v) is 9.33. The lowest BCUT2D eigenvalue weighted by Crippen LogP contribution is -2.15. The first kappa shape index (κ1) is 11.8. The van der Waals surface area contributed by atoms with Gasteiger partial charge in [-0.1, -0.05) is 36.4 Å². The molecule has 0 spiro atoms. The molecule has 0 atom stereocenters. The summed E-state index contributed by atoms with van der Waals surface area (Å²) in [7, 11) is 0. The largest absolute Gasteiger partial charge is 0.478 e. The first-order valence-electron chi connectivity index (χ1n) is 5.22. The molecule has 2 N–H and O–H groups in total. The fourth-order valence-corrected chi connectivity index (χ4v) is 1.45. The van der Waals surface area contributed by atoms with Crippen LogP contribution in [0.3, 0.4) is 0 Å². The average Bonchev–Trinajstić information content (AvgIpc) is 2.37. The number of carboxylic acids is 1. The molecule has 5 nitrogen and oxygen atoms in total. The van der Waals surface area contributed by atoms with Crippen LogP contribution in [-0.4, -0.2) is 21.0 Å². The van der Waals surface area contributed by atoms with Crippen molar-refractivity contribution in [3.05, 3.63) is 63.8 Å². The Balaban J connectivity index is 2.39. The summed E-state index contributed by atoms with van der Waals surface area (Å²) < 4.78 is 0. The molecule has 90 valence electrons. The van der Waals surface area contributed by atoms with Crippen molar-refractivity contribution < 1.29 is 9.90 Å². The monoisotopic (exact) mass is 242 g/mol. The van der Waals surface area contributed by atoms with Gasteiger partial charge >= 0.3 is 11.7 Å². The third-order valence-corrected chi connectivity index (χ3v) is 2.32. The molecule has 1 aromatic carbocycles. The van der Waals surface area contributed by atoms with E-state index in [-0.39, 0.29) is 11.3 Å². The number of aromatic nitrogens is 2. The van der Waals surface area contributed by atoms with Crippen molar-refractivity contribution in [2.45, 2.75) is 0 Å². The van der Waals surface area contributed by atoms with E-state index in [1.54, 1.807) is 12.2 Å². The van der Waals surface area contributed by atoms with Crippen LogP contribution in [0.1, 0.15) is 21.6 Å². The lowest BCUT2D eigenvalue weighted by molar-refractivity contribution is 0.0695. The van der Waals surface area contributed by atoms with Crippen molar-refractivity contribution in [3.63, 3.8) is 0 Å². The van der Waals surface area contributed by atoms with Crippen LogP contribution in [0.15, 0.2) is 41.3 Å². The van der Waals surface area contributed by atoms with Crippen molar-refractivity contribution in [2.75, 3.05) is 0 Å². The minimum absolute atomic E-state index is 0.0400. The standard InChI is InChI=1S/C13H10N2O3/c16-12(17)10-8-14-13(18)15-11(10)7-6-9-4-2-1-3-5-9/h1-8H,(H,16,17)(H,14,15,18). The number of H-pyrrole nitrogens is 1. The van der Waals surface area contributed by atoms with Crippen LogP contribution in [0.4, 0.5) is 0 Å². The Kier molecular flexibility index (Phi) is 3.33. The number of rotatable bonds is 3. The summed E-state index contributed by atoms with van der Waals surface area (Å²) in [6.07, 6.45) is 4.31. The smallest absolute Gasteiger partial charge is 0.345 e. The van der Waals surface area contributed by atoms with Gasteiger partial charge < -0.3 is 10.1 Å². The summed E-state index contributed by atoms with van der Waals surface area (Å²) in [5.74, 6) is -1.13. The summed E-state index contributed by atoms with van der Waals surface area (Å²) in [5, 5.41) is 8.96. The molecule has 0 aliphatic heterocycles. The second-order valence-corrected chi connectivity index (χ2v) is 3.56. The Bertz CT molecular complexity index is 645. The molecule has 5 heteroatoms. The summed E-state index contributed by atoms with van der Waals surface area (Å²) in [6, 6.07) is 9.36. The number of hydrogen-bond acceptors (Lipinski definition) is 3. The van der Waals surface area contributed by atoms with Gasteiger partial charge in [-0.15, -0.1) is 0 Å². The van der Waals surface area contributed by atoms with E-state index in [4.69, 9.17) is 5.11 Å². The molecule has 0 fully saturated rings. The molecule has 18 heavy (non-hydrogen) atoms. The number of nitrogens with one attached hydrogen (secondary N) is 1. The highest BCUT2D eigenvalue weighted by molar-refractivity contribution is 5.92. The zero-order chi connectivity index (χ0) is 13.0. The van der Waals surface area contributed by atoms with Crippen LogP contribution in [0.2, 0.25) is 0 Å². The summed E-state index contributed by atoms with van der Waals surface area (Å²) in [4.78, 5) is 27.8. The predicted molar refractivity (Wildman–Crippen MR) is 67.2 cm³/mol. The van der Waals surface area contributed by atoms with Gasteiger partial charge in [0, 0.05) is 6.20 Å². The van der Waals surface area contributed by atoms with E-state index in [1.165, 1.54) is 0 Å². The van der Waals surface area contributed by atoms with Crippen LogP contribution in [0, 0.1) is 0 Å². The topological polar surface area (TPSA) is 83.0 Å². The van der Waals surface area contributed by atoms with Crippen LogP contribution in [0.5, 0.6) is 0 Å². The molecule has 0 saturated carbocycles. The fourth-order valence-electron chi connectivity index (χ4n) is 1.45. The van der Waals surface area contributed by atoms with Gasteiger partial charge in [0.1, 0.15) is 5.56 Å². The normalized spacial score (nSPS) is 10.7. The molecule has 1 heterocycles. The maximum Gasteiger partial charge on any atom is 0.345 e. The Morgan fingerprint density at radius 2 is 1.94 bits per heavy atom. The first-order valence-corrected chi connectivity index (χ1v) is 5.22. The highest BCUT2D eigenvalue weighted by Gasteiger charge is 2.08. The highest BCUT2D eigenvalue weighted by atomic mass is 16.4. The van der Waals surface area contributed by atoms with Gasteiger partial charge in [0.25, 0.3) is 0 Å². The molecule has 0 aliphatic carbocycles. The number of hydrogen-bond donors (Lipinski definition) is 2. The van der Waals surface area contributed by atoms with Crippen molar-refractivity contribution in [3.8, 4) is 0 Å². The Morgan fingerprint density at radius 1 is 1.22 bits per heavy atom. The van der Waals surface area contributed by atoms with Crippen molar-refractivity contribution >= 4 is 18.1 Å². The minimum atomic E-state index is -1.13. The van der Waals surface area contributed by atoms with Crippen molar-refractivity contribution in [1.82, 2.24) is 9.97 Å². The lowest BCUT2D eigenvalue weighted by atomic mass is 10.1. The van der Waals surface area contributed by atoms with Gasteiger partial charge in [0.15, 0.2) is 0 Å². The number of nitrogens with zero attached hydrogens (tertiary/aromatic N) is 1. The van der Waals surface area contributed by atoms with Gasteiger partial charge in [-0.25, -0.2) is 14.6 Å². The molecule has 0 aliphatic rings. The van der Waals surface area contributed by atoms with Crippen LogP contribution in [-0.2, 0) is 0 Å². The SMILES string of the molecule is O=C(O)c1cnc(=O)[nH]c1C=Cc1ccccc1. The van der Waals surface area contributed by atoms with E-state index >= 15 is 0 Å². The van der Waals surface area contributed by atoms with Gasteiger partial charge in [-0.3, -0.25) is 0 Å². The molecule has 1 aromatic heterocycles. The van der Waals surface area contributed by atoms with Gasteiger partial charge in [-0.2, -0.15) is 0 Å². The second-order valence-electron chi connectivity index (χ2n) is 3.56. The molecule has 2 rings (SSSR count). The number of aromatic amines is 1. The third-order valence-electron chi connectivity index (χ3n) is 2.32. The summed E-state index contributed by atoms with van der Waals surface area (Å²) >= 11 is 0. The zero-order valence-electron chi connectivity index (χ0n) is 9.33. The van der Waals surface area contributed by atoms with E-state index in [0.717, 1.165) is 11.8 Å². The lowest BCUT2D eigenvalue weighted by Gasteiger charge is -1.99. The first-order chi connectivity index (χ1) is 8.66. The van der Waals surface area contributed by atoms with Crippen LogP contribution >= 0.6 is 0 Å². The number of carboxylic acid groups (broad SMARTS) is 1. The maximum absolute atomic E-state index is 11.1. The van der Waals surface area contributed by atoms with Gasteiger partial charge in [-0.05, 0) is 11.6 Å². The fraction of sp³-hybridized carbons (Fsp3) is 0. The number of benzene rings is 1. The molecule has 0 unspecified atom stereocenters. The molecule has 0 radical (unpaired) electrons. The predicted octanol–water partition coefficient (Wildman–Crippen LogP) is 1.64. The molecule has 2 aromatic rings. The van der Waals surface area contributed by atoms with Gasteiger partial charge in [0.2, 0.25) is 0 Å². The van der Waals surface area contributed by atoms with Crippen LogP contribution < -0.4 is 5.69 Å². The summed E-state index contributed by atoms with van der Waals surface area (Å²) in [6.45, 7) is 0. The van der Waals surface area contributed by atoms with Crippen LogP contribution in [0.25, 0.3) is 12.2 Å². The molecule has 0 amide bonds. The molecule has 0 bridgehead atoms. The van der Waals surface area contributed by atoms with Crippen molar-refractivity contribution in [1.29, 1.82) is 0 Å². The third kappa shape index (κ3) is 2.70. The maximum atomic E-state index is 11.1. The molecule has 0 saturated heterocycles. The van der Waals surface area contributed by atoms with E-state index in [1.807, 2.05) is 30.3 Å². The minimum Gasteiger partial charge on any atom is -0.478 e. The quantitative estimate of drug-likeness (QED) is 0.857.